The van der Waals surface area contributed by atoms with Crippen LogP contribution in [-0.2, 0) is 12.8 Å². The van der Waals surface area contributed by atoms with Gasteiger partial charge in [-0.2, -0.15) is 0 Å². The lowest BCUT2D eigenvalue weighted by Crippen LogP contribution is -2.05. The van der Waals surface area contributed by atoms with Crippen LogP contribution in [0.2, 0.25) is 0 Å². The van der Waals surface area contributed by atoms with Crippen LogP contribution >= 0.6 is 0 Å². The molecule has 0 amide bonds. The van der Waals surface area contributed by atoms with Crippen molar-refractivity contribution in [1.29, 1.82) is 0 Å². The Labute approximate surface area is 109 Å². The molecule has 2 rings (SSSR count). The zero-order valence-electron chi connectivity index (χ0n) is 11.1. The summed E-state index contributed by atoms with van der Waals surface area (Å²) in [6, 6.07) is 16.5. The van der Waals surface area contributed by atoms with E-state index in [0.29, 0.717) is 6.42 Å². The van der Waals surface area contributed by atoms with Crippen molar-refractivity contribution in [2.75, 3.05) is 0 Å². The standard InChI is InChI=1S/C17H20O/c1-3-15-6-4-5-7-16(15)17(18)12-14-10-8-13(2)9-11-14/h4-11,17-18H,3,12H2,1-2H3. The minimum atomic E-state index is -0.413. The highest BCUT2D eigenvalue weighted by Gasteiger charge is 2.11. The van der Waals surface area contributed by atoms with Gasteiger partial charge in [-0.1, -0.05) is 61.0 Å². The molecule has 1 unspecified atom stereocenters. The first-order chi connectivity index (χ1) is 8.70. The molecule has 0 spiro atoms. The van der Waals surface area contributed by atoms with Crippen molar-refractivity contribution in [3.63, 3.8) is 0 Å². The van der Waals surface area contributed by atoms with Crippen molar-refractivity contribution in [3.8, 4) is 0 Å². The predicted molar refractivity (Wildman–Crippen MR) is 75.7 cm³/mol. The maximum Gasteiger partial charge on any atom is 0.0833 e. The largest absolute Gasteiger partial charge is 0.388 e. The van der Waals surface area contributed by atoms with E-state index < -0.39 is 6.10 Å². The third kappa shape index (κ3) is 2.99. The van der Waals surface area contributed by atoms with Gasteiger partial charge in [-0.3, -0.25) is 0 Å². The van der Waals surface area contributed by atoms with E-state index in [1.165, 1.54) is 16.7 Å². The van der Waals surface area contributed by atoms with E-state index in [2.05, 4.69) is 44.2 Å². The first-order valence-corrected chi connectivity index (χ1v) is 6.52. The third-order valence-electron chi connectivity index (χ3n) is 3.34. The average molecular weight is 240 g/mol. The lowest BCUT2D eigenvalue weighted by atomic mass is 9.95. The van der Waals surface area contributed by atoms with E-state index in [9.17, 15) is 5.11 Å². The summed E-state index contributed by atoms with van der Waals surface area (Å²) in [5.74, 6) is 0. The van der Waals surface area contributed by atoms with Gasteiger partial charge < -0.3 is 5.11 Å². The highest BCUT2D eigenvalue weighted by molar-refractivity contribution is 5.31. The molecule has 1 atom stereocenters. The van der Waals surface area contributed by atoms with Crippen LogP contribution in [0.3, 0.4) is 0 Å². The Bertz CT molecular complexity index is 499. The Morgan fingerprint density at radius 1 is 1.00 bits per heavy atom. The zero-order valence-corrected chi connectivity index (χ0v) is 11.1. The van der Waals surface area contributed by atoms with E-state index >= 15 is 0 Å². The van der Waals surface area contributed by atoms with Crippen molar-refractivity contribution >= 4 is 0 Å². The van der Waals surface area contributed by atoms with Crippen LogP contribution in [0.4, 0.5) is 0 Å². The van der Waals surface area contributed by atoms with Crippen LogP contribution in [0, 0.1) is 6.92 Å². The van der Waals surface area contributed by atoms with E-state index in [0.717, 1.165) is 12.0 Å². The summed E-state index contributed by atoms with van der Waals surface area (Å²) in [4.78, 5) is 0. The fourth-order valence-corrected chi connectivity index (χ4v) is 2.24. The van der Waals surface area contributed by atoms with Gasteiger partial charge in [0.05, 0.1) is 6.10 Å². The van der Waals surface area contributed by atoms with Gasteiger partial charge in [0.25, 0.3) is 0 Å². The van der Waals surface area contributed by atoms with Gasteiger partial charge in [0.15, 0.2) is 0 Å². The SMILES string of the molecule is CCc1ccccc1C(O)Cc1ccc(C)cc1. The van der Waals surface area contributed by atoms with Crippen LogP contribution < -0.4 is 0 Å². The summed E-state index contributed by atoms with van der Waals surface area (Å²) >= 11 is 0. The Hall–Kier alpha value is -1.60. The molecule has 0 aliphatic rings. The van der Waals surface area contributed by atoms with Gasteiger partial charge in [-0.05, 0) is 30.0 Å². The van der Waals surface area contributed by atoms with Crippen molar-refractivity contribution in [2.24, 2.45) is 0 Å². The number of rotatable bonds is 4. The molecule has 1 heteroatoms. The summed E-state index contributed by atoms with van der Waals surface area (Å²) in [6.07, 6.45) is 1.22. The van der Waals surface area contributed by atoms with Gasteiger partial charge >= 0.3 is 0 Å². The molecule has 0 aliphatic heterocycles. The van der Waals surface area contributed by atoms with Crippen molar-refractivity contribution in [3.05, 3.63) is 70.8 Å². The van der Waals surface area contributed by atoms with E-state index in [1.54, 1.807) is 0 Å². The number of aryl methyl sites for hydroxylation is 2. The molecule has 18 heavy (non-hydrogen) atoms. The second-order valence-electron chi connectivity index (χ2n) is 4.76. The Morgan fingerprint density at radius 3 is 2.33 bits per heavy atom. The van der Waals surface area contributed by atoms with Crippen LogP contribution in [-0.4, -0.2) is 5.11 Å². The molecule has 0 aliphatic carbocycles. The topological polar surface area (TPSA) is 20.2 Å². The van der Waals surface area contributed by atoms with Crippen molar-refractivity contribution < 1.29 is 5.11 Å². The summed E-state index contributed by atoms with van der Waals surface area (Å²) < 4.78 is 0. The lowest BCUT2D eigenvalue weighted by molar-refractivity contribution is 0.177. The molecule has 1 N–H and O–H groups in total. The first kappa shape index (κ1) is 12.8. The van der Waals surface area contributed by atoms with Crippen molar-refractivity contribution in [2.45, 2.75) is 32.8 Å². The molecule has 0 radical (unpaired) electrons. The third-order valence-corrected chi connectivity index (χ3v) is 3.34. The van der Waals surface area contributed by atoms with Crippen LogP contribution in [0.25, 0.3) is 0 Å². The zero-order chi connectivity index (χ0) is 13.0. The lowest BCUT2D eigenvalue weighted by Gasteiger charge is -2.15. The Morgan fingerprint density at radius 2 is 1.67 bits per heavy atom. The number of aliphatic hydroxyl groups excluding tert-OH is 1. The minimum Gasteiger partial charge on any atom is -0.388 e. The normalized spacial score (nSPS) is 12.4. The molecule has 0 fully saturated rings. The summed E-state index contributed by atoms with van der Waals surface area (Å²) in [5, 5.41) is 10.4. The predicted octanol–water partition coefficient (Wildman–Crippen LogP) is 3.83. The van der Waals surface area contributed by atoms with Crippen molar-refractivity contribution in [1.82, 2.24) is 0 Å². The number of hydrogen-bond donors (Lipinski definition) is 1. The quantitative estimate of drug-likeness (QED) is 0.861. The highest BCUT2D eigenvalue weighted by Crippen LogP contribution is 2.22. The van der Waals surface area contributed by atoms with E-state index in [-0.39, 0.29) is 0 Å². The second-order valence-corrected chi connectivity index (χ2v) is 4.76. The van der Waals surface area contributed by atoms with E-state index in [4.69, 9.17) is 0 Å². The minimum absolute atomic E-state index is 0.413. The van der Waals surface area contributed by atoms with Gasteiger partial charge in [-0.15, -0.1) is 0 Å². The number of hydrogen-bond acceptors (Lipinski definition) is 1. The summed E-state index contributed by atoms with van der Waals surface area (Å²) in [6.45, 7) is 4.20. The molecule has 94 valence electrons. The molecule has 2 aromatic carbocycles. The molecule has 1 nitrogen and oxygen atoms in total. The van der Waals surface area contributed by atoms with Crippen LogP contribution in [0.5, 0.6) is 0 Å². The summed E-state index contributed by atoms with van der Waals surface area (Å²) in [7, 11) is 0. The molecular formula is C17H20O. The number of benzene rings is 2. The second kappa shape index (κ2) is 5.83. The molecule has 0 saturated heterocycles. The van der Waals surface area contributed by atoms with Crippen LogP contribution in [0.1, 0.15) is 35.3 Å². The number of aliphatic hydroxyl groups is 1. The van der Waals surface area contributed by atoms with E-state index in [1.807, 2.05) is 18.2 Å². The molecule has 0 saturated carbocycles. The summed E-state index contributed by atoms with van der Waals surface area (Å²) in [5.41, 5.74) is 4.72. The maximum atomic E-state index is 10.4. The fourth-order valence-electron chi connectivity index (χ4n) is 2.24. The molecule has 0 bridgehead atoms. The van der Waals surface area contributed by atoms with Crippen LogP contribution in [0.15, 0.2) is 48.5 Å². The maximum absolute atomic E-state index is 10.4. The molecule has 2 aromatic rings. The average Bonchev–Trinajstić information content (AvgIpc) is 2.41. The van der Waals surface area contributed by atoms with Gasteiger partial charge in [0.1, 0.15) is 0 Å². The first-order valence-electron chi connectivity index (χ1n) is 6.52. The highest BCUT2D eigenvalue weighted by atomic mass is 16.3. The van der Waals surface area contributed by atoms with Gasteiger partial charge in [0, 0.05) is 6.42 Å². The molecule has 0 heterocycles. The fraction of sp³-hybridized carbons (Fsp3) is 0.294. The Kier molecular flexibility index (Phi) is 4.16. The monoisotopic (exact) mass is 240 g/mol. The molecular weight excluding hydrogens is 220 g/mol. The van der Waals surface area contributed by atoms with Gasteiger partial charge in [-0.25, -0.2) is 0 Å². The molecule has 0 aromatic heterocycles. The Balaban J connectivity index is 2.16. The smallest absolute Gasteiger partial charge is 0.0833 e. The van der Waals surface area contributed by atoms with Gasteiger partial charge in [0.2, 0.25) is 0 Å².